The monoisotopic (exact) mass is 343 g/mol. The number of carboxylic acids is 1. The summed E-state index contributed by atoms with van der Waals surface area (Å²) in [5, 5.41) is 10.2. The van der Waals surface area contributed by atoms with Crippen molar-refractivity contribution in [2.75, 3.05) is 38.2 Å². The van der Waals surface area contributed by atoms with Gasteiger partial charge in [0, 0.05) is 36.4 Å². The van der Waals surface area contributed by atoms with E-state index in [0.717, 1.165) is 49.1 Å². The summed E-state index contributed by atoms with van der Waals surface area (Å²) in [6.45, 7) is 4.75. The van der Waals surface area contributed by atoms with Crippen molar-refractivity contribution in [3.63, 3.8) is 0 Å². The summed E-state index contributed by atoms with van der Waals surface area (Å²) in [6.07, 6.45) is 3.76. The van der Waals surface area contributed by atoms with Crippen LogP contribution in [0.1, 0.15) is 19.8 Å². The summed E-state index contributed by atoms with van der Waals surface area (Å²) < 4.78 is 5.43. The van der Waals surface area contributed by atoms with Crippen LogP contribution in [0.5, 0.6) is 5.75 Å². The van der Waals surface area contributed by atoms with Gasteiger partial charge in [-0.3, -0.25) is 14.7 Å². The van der Waals surface area contributed by atoms with E-state index in [2.05, 4.69) is 26.9 Å². The van der Waals surface area contributed by atoms with Crippen LogP contribution in [0.3, 0.4) is 0 Å². The van der Waals surface area contributed by atoms with Gasteiger partial charge in [-0.05, 0) is 31.5 Å². The molecule has 1 fully saturated rings. The lowest BCUT2D eigenvalue weighted by atomic mass is 10.0. The summed E-state index contributed by atoms with van der Waals surface area (Å²) in [6, 6.07) is 8.38. The molecule has 0 amide bonds. The SMILES string of the molecule is CCN(CC(=O)O)C1CCN(c2ccnc3c(OC)cccc23)CC1. The third-order valence-corrected chi connectivity index (χ3v) is 5.00. The van der Waals surface area contributed by atoms with Crippen LogP contribution in [0.15, 0.2) is 30.5 Å². The van der Waals surface area contributed by atoms with Gasteiger partial charge in [-0.1, -0.05) is 19.1 Å². The summed E-state index contributed by atoms with van der Waals surface area (Å²) in [5.41, 5.74) is 2.05. The highest BCUT2D eigenvalue weighted by molar-refractivity contribution is 5.95. The van der Waals surface area contributed by atoms with Crippen molar-refractivity contribution in [3.05, 3.63) is 30.5 Å². The topological polar surface area (TPSA) is 65.9 Å². The van der Waals surface area contributed by atoms with Gasteiger partial charge in [-0.15, -0.1) is 0 Å². The van der Waals surface area contributed by atoms with Gasteiger partial charge in [0.05, 0.1) is 13.7 Å². The zero-order chi connectivity index (χ0) is 17.8. The molecular weight excluding hydrogens is 318 g/mol. The zero-order valence-corrected chi connectivity index (χ0v) is 14.8. The molecule has 1 aromatic heterocycles. The van der Waals surface area contributed by atoms with Crippen molar-refractivity contribution < 1.29 is 14.6 Å². The fraction of sp³-hybridized carbons (Fsp3) is 0.474. The van der Waals surface area contributed by atoms with E-state index in [4.69, 9.17) is 9.84 Å². The summed E-state index contributed by atoms with van der Waals surface area (Å²) in [5.74, 6) is 0.0318. The smallest absolute Gasteiger partial charge is 0.317 e. The number of ether oxygens (including phenoxy) is 1. The number of piperidine rings is 1. The van der Waals surface area contributed by atoms with Crippen LogP contribution >= 0.6 is 0 Å². The molecule has 0 atom stereocenters. The predicted molar refractivity (Wildman–Crippen MR) is 98.4 cm³/mol. The highest BCUT2D eigenvalue weighted by atomic mass is 16.5. The normalized spacial score (nSPS) is 15.7. The van der Waals surface area contributed by atoms with E-state index in [0.29, 0.717) is 6.04 Å². The molecule has 1 N–H and O–H groups in total. The average molecular weight is 343 g/mol. The highest BCUT2D eigenvalue weighted by Gasteiger charge is 2.26. The van der Waals surface area contributed by atoms with E-state index in [1.807, 2.05) is 25.3 Å². The number of hydrogen-bond donors (Lipinski definition) is 1. The van der Waals surface area contributed by atoms with Gasteiger partial charge in [0.25, 0.3) is 0 Å². The number of fused-ring (bicyclic) bond motifs is 1. The van der Waals surface area contributed by atoms with E-state index in [-0.39, 0.29) is 6.54 Å². The maximum atomic E-state index is 11.0. The first-order valence-electron chi connectivity index (χ1n) is 8.76. The Labute approximate surface area is 148 Å². The van der Waals surface area contributed by atoms with Crippen LogP contribution < -0.4 is 9.64 Å². The molecular formula is C19H25N3O3. The molecule has 0 saturated carbocycles. The number of hydrogen-bond acceptors (Lipinski definition) is 5. The molecule has 1 aromatic carbocycles. The second kappa shape index (κ2) is 7.70. The highest BCUT2D eigenvalue weighted by Crippen LogP contribution is 2.32. The van der Waals surface area contributed by atoms with Crippen molar-refractivity contribution in [3.8, 4) is 5.75 Å². The Balaban J connectivity index is 1.77. The van der Waals surface area contributed by atoms with Crippen molar-refractivity contribution in [2.45, 2.75) is 25.8 Å². The minimum Gasteiger partial charge on any atom is -0.494 e. The van der Waals surface area contributed by atoms with Crippen LogP contribution in [0, 0.1) is 0 Å². The summed E-state index contributed by atoms with van der Waals surface area (Å²) in [7, 11) is 1.66. The van der Waals surface area contributed by atoms with Crippen LogP contribution in [0.4, 0.5) is 5.69 Å². The Morgan fingerprint density at radius 2 is 2.12 bits per heavy atom. The quantitative estimate of drug-likeness (QED) is 0.870. The molecule has 1 aliphatic heterocycles. The molecule has 0 unspecified atom stereocenters. The Hall–Kier alpha value is -2.34. The van der Waals surface area contributed by atoms with Crippen molar-refractivity contribution >= 4 is 22.6 Å². The van der Waals surface area contributed by atoms with Crippen molar-refractivity contribution in [2.24, 2.45) is 0 Å². The molecule has 1 saturated heterocycles. The van der Waals surface area contributed by atoms with Crippen molar-refractivity contribution in [1.82, 2.24) is 9.88 Å². The lowest BCUT2D eigenvalue weighted by molar-refractivity contribution is -0.139. The standard InChI is InChI=1S/C19H25N3O3/c1-3-21(13-18(23)24)14-8-11-22(12-9-14)16-7-10-20-19-15(16)5-4-6-17(19)25-2/h4-7,10,14H,3,8-9,11-13H2,1-2H3,(H,23,24). The van der Waals surface area contributed by atoms with Crippen LogP contribution in [-0.4, -0.2) is 60.3 Å². The second-order valence-electron chi connectivity index (χ2n) is 6.36. The minimum absolute atomic E-state index is 0.122. The Morgan fingerprint density at radius 3 is 2.76 bits per heavy atom. The number of aromatic nitrogens is 1. The molecule has 25 heavy (non-hydrogen) atoms. The number of carboxylic acid groups (broad SMARTS) is 1. The molecule has 2 heterocycles. The van der Waals surface area contributed by atoms with Crippen LogP contribution in [0.25, 0.3) is 10.9 Å². The number of aliphatic carboxylic acids is 1. The first kappa shape index (κ1) is 17.5. The molecule has 3 rings (SSSR count). The predicted octanol–water partition coefficient (Wildman–Crippen LogP) is 2.62. The zero-order valence-electron chi connectivity index (χ0n) is 14.8. The molecule has 0 bridgehead atoms. The lowest BCUT2D eigenvalue weighted by Gasteiger charge is -2.38. The number of pyridine rings is 1. The molecule has 0 radical (unpaired) electrons. The number of para-hydroxylation sites is 1. The first-order chi connectivity index (χ1) is 12.1. The van der Waals surface area contributed by atoms with Crippen LogP contribution in [0.2, 0.25) is 0 Å². The maximum Gasteiger partial charge on any atom is 0.317 e. The number of methoxy groups -OCH3 is 1. The van der Waals surface area contributed by atoms with Gasteiger partial charge in [0.2, 0.25) is 0 Å². The number of anilines is 1. The Bertz CT molecular complexity index is 742. The van der Waals surface area contributed by atoms with E-state index in [9.17, 15) is 4.79 Å². The largest absolute Gasteiger partial charge is 0.494 e. The molecule has 1 aliphatic rings. The summed E-state index contributed by atoms with van der Waals surface area (Å²) >= 11 is 0. The minimum atomic E-state index is -0.753. The lowest BCUT2D eigenvalue weighted by Crippen LogP contribution is -2.46. The van der Waals surface area contributed by atoms with Gasteiger partial charge in [-0.2, -0.15) is 0 Å². The number of likely N-dealkylation sites (N-methyl/N-ethyl adjacent to an activating group) is 1. The average Bonchev–Trinajstić information content (AvgIpc) is 2.65. The molecule has 0 aliphatic carbocycles. The molecule has 0 spiro atoms. The van der Waals surface area contributed by atoms with E-state index in [1.54, 1.807) is 7.11 Å². The van der Waals surface area contributed by atoms with Crippen molar-refractivity contribution in [1.29, 1.82) is 0 Å². The fourth-order valence-corrected chi connectivity index (χ4v) is 3.72. The van der Waals surface area contributed by atoms with Gasteiger partial charge < -0.3 is 14.7 Å². The maximum absolute atomic E-state index is 11.0. The van der Waals surface area contributed by atoms with Gasteiger partial charge >= 0.3 is 5.97 Å². The number of benzene rings is 1. The van der Waals surface area contributed by atoms with E-state index < -0.39 is 5.97 Å². The Kier molecular flexibility index (Phi) is 5.38. The third-order valence-electron chi connectivity index (χ3n) is 5.00. The van der Waals surface area contributed by atoms with Gasteiger partial charge in [-0.25, -0.2) is 0 Å². The summed E-state index contributed by atoms with van der Waals surface area (Å²) in [4.78, 5) is 19.9. The number of rotatable bonds is 6. The Morgan fingerprint density at radius 1 is 1.36 bits per heavy atom. The number of nitrogens with zero attached hydrogens (tertiary/aromatic N) is 3. The molecule has 6 nitrogen and oxygen atoms in total. The number of carbonyl (C=O) groups is 1. The van der Waals surface area contributed by atoms with Gasteiger partial charge in [0.15, 0.2) is 0 Å². The van der Waals surface area contributed by atoms with Gasteiger partial charge in [0.1, 0.15) is 11.3 Å². The second-order valence-corrected chi connectivity index (χ2v) is 6.36. The molecule has 134 valence electrons. The van der Waals surface area contributed by atoms with Crippen LogP contribution in [-0.2, 0) is 4.79 Å². The first-order valence-corrected chi connectivity index (χ1v) is 8.76. The van der Waals surface area contributed by atoms with E-state index in [1.165, 1.54) is 5.69 Å². The fourth-order valence-electron chi connectivity index (χ4n) is 3.72. The molecule has 6 heteroatoms. The third kappa shape index (κ3) is 3.69. The molecule has 2 aromatic rings. The van der Waals surface area contributed by atoms with E-state index >= 15 is 0 Å².